The van der Waals surface area contributed by atoms with Gasteiger partial charge in [-0.15, -0.1) is 5.10 Å². The van der Waals surface area contributed by atoms with Crippen molar-refractivity contribution in [1.29, 1.82) is 0 Å². The lowest BCUT2D eigenvalue weighted by Crippen LogP contribution is -2.33. The largest absolute Gasteiger partial charge is 0.350 e. The molecular formula is C13H23N5. The molecule has 0 atom stereocenters. The lowest BCUT2D eigenvalue weighted by molar-refractivity contribution is 0.409. The molecule has 0 spiro atoms. The van der Waals surface area contributed by atoms with Gasteiger partial charge in [-0.25, -0.2) is 4.98 Å². The van der Waals surface area contributed by atoms with Crippen molar-refractivity contribution in [3.63, 3.8) is 0 Å². The van der Waals surface area contributed by atoms with Crippen molar-refractivity contribution in [3.8, 4) is 0 Å². The molecule has 5 nitrogen and oxygen atoms in total. The van der Waals surface area contributed by atoms with E-state index in [1.165, 1.54) is 0 Å². The molecule has 0 aliphatic heterocycles. The molecule has 0 amide bonds. The van der Waals surface area contributed by atoms with Crippen molar-refractivity contribution in [1.82, 2.24) is 15.2 Å². The van der Waals surface area contributed by atoms with Crippen LogP contribution in [-0.4, -0.2) is 27.3 Å². The number of hydrogen-bond donors (Lipinski definition) is 2. The molecule has 0 radical (unpaired) electrons. The van der Waals surface area contributed by atoms with E-state index in [1.807, 2.05) is 0 Å². The highest BCUT2D eigenvalue weighted by atomic mass is 15.2. The van der Waals surface area contributed by atoms with Crippen LogP contribution in [0.1, 0.15) is 50.9 Å². The number of nitrogens with zero attached hydrogens (tertiary/aromatic N) is 3. The van der Waals surface area contributed by atoms with Gasteiger partial charge in [0.15, 0.2) is 0 Å². The summed E-state index contributed by atoms with van der Waals surface area (Å²) < 4.78 is 0. The minimum atomic E-state index is 0.371. The number of aromatic nitrogens is 3. The minimum Gasteiger partial charge on any atom is -0.350 e. The summed E-state index contributed by atoms with van der Waals surface area (Å²) in [4.78, 5) is 4.56. The molecule has 1 aliphatic rings. The maximum Gasteiger partial charge on any atom is 0.243 e. The van der Waals surface area contributed by atoms with Crippen molar-refractivity contribution >= 4 is 5.95 Å². The highest BCUT2D eigenvalue weighted by molar-refractivity contribution is 5.27. The first-order valence-corrected chi connectivity index (χ1v) is 6.97. The third-order valence-corrected chi connectivity index (χ3v) is 3.61. The van der Waals surface area contributed by atoms with Crippen molar-refractivity contribution in [2.75, 3.05) is 5.32 Å². The first kappa shape index (κ1) is 13.2. The molecular weight excluding hydrogens is 226 g/mol. The van der Waals surface area contributed by atoms with Crippen molar-refractivity contribution in [2.24, 2.45) is 5.73 Å². The monoisotopic (exact) mass is 249 g/mol. The van der Waals surface area contributed by atoms with Crippen LogP contribution in [0, 0.1) is 0 Å². The quantitative estimate of drug-likeness (QED) is 0.849. The summed E-state index contributed by atoms with van der Waals surface area (Å²) in [5.74, 6) is 0.671. The topological polar surface area (TPSA) is 76.7 Å². The summed E-state index contributed by atoms with van der Waals surface area (Å²) in [6, 6.07) is 0.819. The number of aryl methyl sites for hydroxylation is 2. The summed E-state index contributed by atoms with van der Waals surface area (Å²) >= 11 is 0. The van der Waals surface area contributed by atoms with Crippen molar-refractivity contribution in [3.05, 3.63) is 11.4 Å². The van der Waals surface area contributed by atoms with Crippen LogP contribution in [0.2, 0.25) is 0 Å². The van der Waals surface area contributed by atoms with Gasteiger partial charge in [0.25, 0.3) is 0 Å². The van der Waals surface area contributed by atoms with Crippen LogP contribution < -0.4 is 11.1 Å². The summed E-state index contributed by atoms with van der Waals surface area (Å²) in [6.07, 6.45) is 6.16. The first-order chi connectivity index (χ1) is 8.72. The predicted octanol–water partition coefficient (Wildman–Crippen LogP) is 1.68. The van der Waals surface area contributed by atoms with Gasteiger partial charge in [0, 0.05) is 12.1 Å². The summed E-state index contributed by atoms with van der Waals surface area (Å²) in [5.41, 5.74) is 7.97. The van der Waals surface area contributed by atoms with Crippen LogP contribution in [0.4, 0.5) is 5.95 Å². The van der Waals surface area contributed by atoms with Gasteiger partial charge in [-0.3, -0.25) is 0 Å². The van der Waals surface area contributed by atoms with E-state index < -0.39 is 0 Å². The normalized spacial score (nSPS) is 23.9. The zero-order valence-electron chi connectivity index (χ0n) is 11.3. The number of hydrogen-bond acceptors (Lipinski definition) is 5. The molecule has 0 aromatic carbocycles. The molecule has 1 heterocycles. The number of rotatable bonds is 4. The van der Waals surface area contributed by atoms with Gasteiger partial charge in [0.1, 0.15) is 0 Å². The molecule has 5 heteroatoms. The smallest absolute Gasteiger partial charge is 0.243 e. The van der Waals surface area contributed by atoms with Crippen LogP contribution >= 0.6 is 0 Å². The molecule has 1 fully saturated rings. The van der Waals surface area contributed by atoms with Gasteiger partial charge in [-0.2, -0.15) is 5.10 Å². The van der Waals surface area contributed by atoms with Gasteiger partial charge in [0.2, 0.25) is 5.95 Å². The minimum absolute atomic E-state index is 0.371. The molecule has 1 aromatic rings. The van der Waals surface area contributed by atoms with Crippen LogP contribution in [0.25, 0.3) is 0 Å². The molecule has 1 aromatic heterocycles. The van der Waals surface area contributed by atoms with E-state index in [2.05, 4.69) is 34.3 Å². The standard InChI is InChI=1S/C13H23N5/c1-3-11-12(4-2)17-18-13(16-11)15-10-7-5-9(14)6-8-10/h9-10H,3-8,14H2,1-2H3,(H,15,16,18). The van der Waals surface area contributed by atoms with Gasteiger partial charge in [-0.1, -0.05) is 13.8 Å². The van der Waals surface area contributed by atoms with E-state index in [0.717, 1.165) is 49.9 Å². The second kappa shape index (κ2) is 6.09. The average molecular weight is 249 g/mol. The molecule has 18 heavy (non-hydrogen) atoms. The second-order valence-corrected chi connectivity index (χ2v) is 4.99. The fraction of sp³-hybridized carbons (Fsp3) is 0.769. The highest BCUT2D eigenvalue weighted by Crippen LogP contribution is 2.19. The Kier molecular flexibility index (Phi) is 4.47. The molecule has 1 saturated carbocycles. The van der Waals surface area contributed by atoms with Gasteiger partial charge < -0.3 is 11.1 Å². The summed E-state index contributed by atoms with van der Waals surface area (Å²) in [5, 5.41) is 11.8. The Balaban J connectivity index is 2.01. The molecule has 0 saturated heterocycles. The fourth-order valence-corrected chi connectivity index (χ4v) is 2.45. The fourth-order valence-electron chi connectivity index (χ4n) is 2.45. The zero-order valence-corrected chi connectivity index (χ0v) is 11.3. The van der Waals surface area contributed by atoms with Crippen molar-refractivity contribution in [2.45, 2.75) is 64.5 Å². The molecule has 0 unspecified atom stereocenters. The van der Waals surface area contributed by atoms with Crippen LogP contribution in [0.15, 0.2) is 0 Å². The van der Waals surface area contributed by atoms with Crippen LogP contribution in [0.3, 0.4) is 0 Å². The molecule has 1 aliphatic carbocycles. The Bertz CT molecular complexity index is 385. The number of anilines is 1. The number of nitrogens with one attached hydrogen (secondary N) is 1. The maximum atomic E-state index is 5.90. The molecule has 2 rings (SSSR count). The number of nitrogens with two attached hydrogens (primary N) is 1. The van der Waals surface area contributed by atoms with E-state index >= 15 is 0 Å². The Morgan fingerprint density at radius 1 is 1.06 bits per heavy atom. The third-order valence-electron chi connectivity index (χ3n) is 3.61. The maximum absolute atomic E-state index is 5.90. The van der Waals surface area contributed by atoms with E-state index in [1.54, 1.807) is 0 Å². The predicted molar refractivity (Wildman–Crippen MR) is 72.4 cm³/mol. The highest BCUT2D eigenvalue weighted by Gasteiger charge is 2.19. The van der Waals surface area contributed by atoms with Gasteiger partial charge in [0.05, 0.1) is 11.4 Å². The van der Waals surface area contributed by atoms with Crippen LogP contribution in [-0.2, 0) is 12.8 Å². The van der Waals surface area contributed by atoms with E-state index in [-0.39, 0.29) is 0 Å². The summed E-state index contributed by atoms with van der Waals surface area (Å²) in [7, 11) is 0. The zero-order chi connectivity index (χ0) is 13.0. The van der Waals surface area contributed by atoms with Gasteiger partial charge in [-0.05, 0) is 38.5 Å². The van der Waals surface area contributed by atoms with E-state index in [0.29, 0.717) is 18.0 Å². The Hall–Kier alpha value is -1.23. The molecule has 3 N–H and O–H groups in total. The SMILES string of the molecule is CCc1nnc(NC2CCC(N)CC2)nc1CC. The van der Waals surface area contributed by atoms with E-state index in [9.17, 15) is 0 Å². The van der Waals surface area contributed by atoms with Gasteiger partial charge >= 0.3 is 0 Å². The summed E-state index contributed by atoms with van der Waals surface area (Å²) in [6.45, 7) is 4.19. The Labute approximate surface area is 109 Å². The van der Waals surface area contributed by atoms with Crippen molar-refractivity contribution < 1.29 is 0 Å². The Morgan fingerprint density at radius 3 is 2.33 bits per heavy atom. The first-order valence-electron chi connectivity index (χ1n) is 6.97. The lowest BCUT2D eigenvalue weighted by atomic mass is 9.92. The second-order valence-electron chi connectivity index (χ2n) is 4.99. The average Bonchev–Trinajstić information content (AvgIpc) is 2.41. The lowest BCUT2D eigenvalue weighted by Gasteiger charge is -2.26. The van der Waals surface area contributed by atoms with E-state index in [4.69, 9.17) is 5.73 Å². The van der Waals surface area contributed by atoms with Crippen LogP contribution in [0.5, 0.6) is 0 Å². The third kappa shape index (κ3) is 3.16. The molecule has 100 valence electrons. The Morgan fingerprint density at radius 2 is 1.72 bits per heavy atom. The molecule has 0 bridgehead atoms.